The third-order valence-corrected chi connectivity index (χ3v) is 5.77. The van der Waals surface area contributed by atoms with Crippen LogP contribution in [0.5, 0.6) is 11.5 Å². The van der Waals surface area contributed by atoms with Crippen LogP contribution in [0.2, 0.25) is 0 Å². The monoisotopic (exact) mass is 383 g/mol. The Morgan fingerprint density at radius 3 is 1.74 bits per heavy atom. The Bertz CT molecular complexity index is 942. The molecule has 0 aromatic heterocycles. The van der Waals surface area contributed by atoms with Crippen molar-refractivity contribution in [1.29, 1.82) is 0 Å². The average Bonchev–Trinajstić information content (AvgIpc) is 2.72. The normalized spacial score (nSPS) is 11.0. The van der Waals surface area contributed by atoms with Crippen LogP contribution in [0.4, 0.5) is 5.69 Å². The van der Waals surface area contributed by atoms with E-state index in [1.165, 1.54) is 11.4 Å². The van der Waals surface area contributed by atoms with Crippen molar-refractivity contribution < 1.29 is 17.9 Å². The quantitative estimate of drug-likeness (QED) is 0.552. The highest BCUT2D eigenvalue weighted by molar-refractivity contribution is 7.92. The molecule has 140 valence electrons. The van der Waals surface area contributed by atoms with Crippen molar-refractivity contribution in [3.8, 4) is 11.5 Å². The van der Waals surface area contributed by atoms with E-state index in [1.807, 2.05) is 30.3 Å². The zero-order chi connectivity index (χ0) is 19.1. The maximum absolute atomic E-state index is 12.6. The molecule has 5 nitrogen and oxygen atoms in total. The standard InChI is InChI=1S/C21H21NO4S/c1-22(27(23,24)21-10-6-3-7-11-21)18-12-14-20(15-13-18)26-17-16-25-19-8-4-2-5-9-19/h2-15H,16-17H2,1H3. The molecule has 0 saturated carbocycles. The van der Waals surface area contributed by atoms with Crippen LogP contribution in [-0.4, -0.2) is 28.7 Å². The summed E-state index contributed by atoms with van der Waals surface area (Å²) >= 11 is 0. The lowest BCUT2D eigenvalue weighted by Gasteiger charge is -2.19. The Morgan fingerprint density at radius 2 is 1.19 bits per heavy atom. The lowest BCUT2D eigenvalue weighted by atomic mass is 10.3. The molecular weight excluding hydrogens is 362 g/mol. The SMILES string of the molecule is CN(c1ccc(OCCOc2ccccc2)cc1)S(=O)(=O)c1ccccc1. The predicted molar refractivity (Wildman–Crippen MR) is 106 cm³/mol. The summed E-state index contributed by atoms with van der Waals surface area (Å²) in [7, 11) is -2.05. The molecule has 0 saturated heterocycles. The molecule has 0 heterocycles. The van der Waals surface area contributed by atoms with Gasteiger partial charge in [-0.15, -0.1) is 0 Å². The van der Waals surface area contributed by atoms with Crippen molar-refractivity contribution in [2.24, 2.45) is 0 Å². The smallest absolute Gasteiger partial charge is 0.264 e. The third kappa shape index (κ3) is 4.80. The van der Waals surface area contributed by atoms with Crippen LogP contribution >= 0.6 is 0 Å². The number of anilines is 1. The van der Waals surface area contributed by atoms with Crippen molar-refractivity contribution in [2.75, 3.05) is 24.6 Å². The molecule has 0 N–H and O–H groups in total. The summed E-state index contributed by atoms with van der Waals surface area (Å²) in [6, 6.07) is 24.8. The number of hydrogen-bond acceptors (Lipinski definition) is 4. The second-order valence-electron chi connectivity index (χ2n) is 5.79. The first-order valence-corrected chi connectivity index (χ1v) is 9.96. The first kappa shape index (κ1) is 18.8. The molecule has 0 radical (unpaired) electrons. The van der Waals surface area contributed by atoms with Crippen LogP contribution in [0.3, 0.4) is 0 Å². The minimum absolute atomic E-state index is 0.255. The number of hydrogen-bond donors (Lipinski definition) is 0. The highest BCUT2D eigenvalue weighted by Gasteiger charge is 2.20. The van der Waals surface area contributed by atoms with E-state index in [0.29, 0.717) is 24.7 Å². The van der Waals surface area contributed by atoms with E-state index in [-0.39, 0.29) is 4.90 Å². The number of nitrogens with zero attached hydrogens (tertiary/aromatic N) is 1. The molecule has 0 aliphatic rings. The maximum atomic E-state index is 12.6. The maximum Gasteiger partial charge on any atom is 0.264 e. The highest BCUT2D eigenvalue weighted by Crippen LogP contribution is 2.24. The molecule has 6 heteroatoms. The summed E-state index contributed by atoms with van der Waals surface area (Å²) in [4.78, 5) is 0.255. The van der Waals surface area contributed by atoms with Gasteiger partial charge >= 0.3 is 0 Å². The van der Waals surface area contributed by atoms with Gasteiger partial charge in [-0.2, -0.15) is 0 Å². The van der Waals surface area contributed by atoms with E-state index < -0.39 is 10.0 Å². The Labute approximate surface area is 159 Å². The van der Waals surface area contributed by atoms with Gasteiger partial charge in [0.2, 0.25) is 0 Å². The molecule has 0 unspecified atom stereocenters. The van der Waals surface area contributed by atoms with Crippen molar-refractivity contribution >= 4 is 15.7 Å². The highest BCUT2D eigenvalue weighted by atomic mass is 32.2. The summed E-state index contributed by atoms with van der Waals surface area (Å²) in [5.74, 6) is 1.45. The molecule has 0 spiro atoms. The topological polar surface area (TPSA) is 55.8 Å². The predicted octanol–water partition coefficient (Wildman–Crippen LogP) is 3.97. The van der Waals surface area contributed by atoms with Gasteiger partial charge in [-0.05, 0) is 48.5 Å². The van der Waals surface area contributed by atoms with Crippen molar-refractivity contribution in [3.63, 3.8) is 0 Å². The van der Waals surface area contributed by atoms with Gasteiger partial charge in [-0.1, -0.05) is 36.4 Å². The zero-order valence-electron chi connectivity index (χ0n) is 15.0. The summed E-state index contributed by atoms with van der Waals surface area (Å²) in [5, 5.41) is 0. The van der Waals surface area contributed by atoms with Gasteiger partial charge < -0.3 is 9.47 Å². The number of ether oxygens (including phenoxy) is 2. The van der Waals surface area contributed by atoms with E-state index in [9.17, 15) is 8.42 Å². The number of sulfonamides is 1. The Balaban J connectivity index is 1.57. The minimum Gasteiger partial charge on any atom is -0.490 e. The Hall–Kier alpha value is -2.99. The number of para-hydroxylation sites is 1. The molecular formula is C21H21NO4S. The molecule has 0 fully saturated rings. The molecule has 0 atom stereocenters. The zero-order valence-corrected chi connectivity index (χ0v) is 15.8. The van der Waals surface area contributed by atoms with E-state index in [1.54, 1.807) is 54.6 Å². The number of rotatable bonds is 8. The van der Waals surface area contributed by atoms with Crippen LogP contribution in [-0.2, 0) is 10.0 Å². The van der Waals surface area contributed by atoms with Crippen molar-refractivity contribution in [3.05, 3.63) is 84.9 Å². The number of benzene rings is 3. The molecule has 3 aromatic carbocycles. The van der Waals surface area contributed by atoms with Gasteiger partial charge in [0.1, 0.15) is 24.7 Å². The van der Waals surface area contributed by atoms with Crippen molar-refractivity contribution in [1.82, 2.24) is 0 Å². The largest absolute Gasteiger partial charge is 0.490 e. The van der Waals surface area contributed by atoms with E-state index in [0.717, 1.165) is 5.75 Å². The lowest BCUT2D eigenvalue weighted by Crippen LogP contribution is -2.26. The fourth-order valence-electron chi connectivity index (χ4n) is 2.48. The fraction of sp³-hybridized carbons (Fsp3) is 0.143. The molecule has 3 rings (SSSR count). The lowest BCUT2D eigenvalue weighted by molar-refractivity contribution is 0.217. The van der Waals surface area contributed by atoms with Crippen LogP contribution in [0.15, 0.2) is 89.8 Å². The van der Waals surface area contributed by atoms with E-state index in [2.05, 4.69) is 0 Å². The van der Waals surface area contributed by atoms with Crippen LogP contribution in [0.25, 0.3) is 0 Å². The summed E-state index contributed by atoms with van der Waals surface area (Å²) in [6.45, 7) is 0.820. The second kappa shape index (κ2) is 8.60. The van der Waals surface area contributed by atoms with Crippen LogP contribution < -0.4 is 13.8 Å². The van der Waals surface area contributed by atoms with Gasteiger partial charge in [-0.25, -0.2) is 8.42 Å². The minimum atomic E-state index is -3.58. The Kier molecular flexibility index (Phi) is 5.98. The van der Waals surface area contributed by atoms with Gasteiger partial charge in [0.25, 0.3) is 10.0 Å². The first-order chi connectivity index (χ1) is 13.1. The summed E-state index contributed by atoms with van der Waals surface area (Å²) in [5.41, 5.74) is 0.562. The summed E-state index contributed by atoms with van der Waals surface area (Å²) in [6.07, 6.45) is 0. The molecule has 0 aliphatic carbocycles. The van der Waals surface area contributed by atoms with Gasteiger partial charge in [-0.3, -0.25) is 4.31 Å². The molecule has 3 aromatic rings. The molecule has 0 aliphatic heterocycles. The molecule has 27 heavy (non-hydrogen) atoms. The second-order valence-corrected chi connectivity index (χ2v) is 7.76. The van der Waals surface area contributed by atoms with Crippen LogP contribution in [0, 0.1) is 0 Å². The Morgan fingerprint density at radius 1 is 0.704 bits per heavy atom. The van der Waals surface area contributed by atoms with Gasteiger partial charge in [0, 0.05) is 7.05 Å². The average molecular weight is 383 g/mol. The van der Waals surface area contributed by atoms with Gasteiger partial charge in [0.05, 0.1) is 10.6 Å². The fourth-order valence-corrected chi connectivity index (χ4v) is 3.69. The van der Waals surface area contributed by atoms with Gasteiger partial charge in [0.15, 0.2) is 0 Å². The van der Waals surface area contributed by atoms with Crippen molar-refractivity contribution in [2.45, 2.75) is 4.90 Å². The first-order valence-electron chi connectivity index (χ1n) is 8.52. The van der Waals surface area contributed by atoms with Crippen LogP contribution in [0.1, 0.15) is 0 Å². The molecule has 0 amide bonds. The molecule has 0 bridgehead atoms. The van der Waals surface area contributed by atoms with E-state index in [4.69, 9.17) is 9.47 Å². The summed E-state index contributed by atoms with van der Waals surface area (Å²) < 4.78 is 37.7. The third-order valence-electron chi connectivity index (χ3n) is 3.97. The van der Waals surface area contributed by atoms with E-state index >= 15 is 0 Å².